The van der Waals surface area contributed by atoms with Crippen LogP contribution >= 0.6 is 0 Å². The van der Waals surface area contributed by atoms with Crippen molar-refractivity contribution in [2.75, 3.05) is 19.0 Å². The number of rotatable bonds is 9. The van der Waals surface area contributed by atoms with Crippen LogP contribution in [0.25, 0.3) is 0 Å². The fraction of sp³-hybridized carbons (Fsp3) is 0.273. The first-order valence-electron chi connectivity index (χ1n) is 10.3. The molecule has 2 aromatic carbocycles. The SMILES string of the molecule is CCOC(O)=C1C(=O)NN(Cc2ccc(NC(C)=O)cc2[N+](=O)[O-])N1Cc1ccc(OC)cc1. The molecular formula is C22H25N5O7. The molecule has 0 radical (unpaired) electrons. The Labute approximate surface area is 195 Å². The Morgan fingerprint density at radius 2 is 1.91 bits per heavy atom. The Bertz CT molecular complexity index is 1120. The molecular weight excluding hydrogens is 446 g/mol. The van der Waals surface area contributed by atoms with E-state index in [1.165, 1.54) is 35.2 Å². The van der Waals surface area contributed by atoms with Gasteiger partial charge in [0.1, 0.15) is 5.75 Å². The Morgan fingerprint density at radius 1 is 1.21 bits per heavy atom. The third-order valence-electron chi connectivity index (χ3n) is 4.89. The Morgan fingerprint density at radius 3 is 2.50 bits per heavy atom. The van der Waals surface area contributed by atoms with Gasteiger partial charge in [-0.1, -0.05) is 12.1 Å². The van der Waals surface area contributed by atoms with Gasteiger partial charge in [0.05, 0.1) is 31.7 Å². The minimum Gasteiger partial charge on any atom is -0.497 e. The average Bonchev–Trinajstić information content (AvgIpc) is 3.09. The van der Waals surface area contributed by atoms with Crippen molar-refractivity contribution in [3.05, 3.63) is 75.3 Å². The van der Waals surface area contributed by atoms with Crippen molar-refractivity contribution >= 4 is 23.2 Å². The lowest BCUT2D eigenvalue weighted by Crippen LogP contribution is -2.41. The van der Waals surface area contributed by atoms with E-state index in [9.17, 15) is 24.8 Å². The molecule has 1 aliphatic rings. The summed E-state index contributed by atoms with van der Waals surface area (Å²) in [5.41, 5.74) is 3.56. The number of nitrogens with one attached hydrogen (secondary N) is 2. The van der Waals surface area contributed by atoms with Gasteiger partial charge >= 0.3 is 5.95 Å². The summed E-state index contributed by atoms with van der Waals surface area (Å²) in [6, 6.07) is 11.4. The van der Waals surface area contributed by atoms with Crippen molar-refractivity contribution in [3.63, 3.8) is 0 Å². The molecule has 0 saturated carbocycles. The highest BCUT2D eigenvalue weighted by Crippen LogP contribution is 2.29. The maximum atomic E-state index is 12.7. The van der Waals surface area contributed by atoms with E-state index in [0.29, 0.717) is 5.75 Å². The molecule has 12 nitrogen and oxygen atoms in total. The summed E-state index contributed by atoms with van der Waals surface area (Å²) in [6.45, 7) is 3.15. The number of aliphatic hydroxyl groups is 1. The highest BCUT2D eigenvalue weighted by molar-refractivity contribution is 5.94. The molecule has 3 N–H and O–H groups in total. The van der Waals surface area contributed by atoms with Crippen LogP contribution in [0.4, 0.5) is 11.4 Å². The van der Waals surface area contributed by atoms with Gasteiger partial charge in [0.15, 0.2) is 0 Å². The highest BCUT2D eigenvalue weighted by Gasteiger charge is 2.38. The van der Waals surface area contributed by atoms with E-state index < -0.39 is 16.8 Å². The van der Waals surface area contributed by atoms with Crippen molar-refractivity contribution in [3.8, 4) is 5.75 Å². The van der Waals surface area contributed by atoms with Crippen molar-refractivity contribution in [2.45, 2.75) is 26.9 Å². The normalized spacial score (nSPS) is 15.0. The second-order valence-corrected chi connectivity index (χ2v) is 7.27. The second kappa shape index (κ2) is 10.5. The van der Waals surface area contributed by atoms with Crippen molar-refractivity contribution in [1.82, 2.24) is 15.6 Å². The third-order valence-corrected chi connectivity index (χ3v) is 4.89. The van der Waals surface area contributed by atoms with Crippen LogP contribution in [-0.2, 0) is 27.4 Å². The Kier molecular flexibility index (Phi) is 7.53. The lowest BCUT2D eigenvalue weighted by Gasteiger charge is -2.28. The van der Waals surface area contributed by atoms with Crippen molar-refractivity contribution in [2.24, 2.45) is 0 Å². The van der Waals surface area contributed by atoms with E-state index >= 15 is 0 Å². The number of aliphatic hydroxyl groups excluding tert-OH is 1. The van der Waals surface area contributed by atoms with Crippen LogP contribution in [0.3, 0.4) is 0 Å². The summed E-state index contributed by atoms with van der Waals surface area (Å²) >= 11 is 0. The zero-order valence-corrected chi connectivity index (χ0v) is 18.9. The number of methoxy groups -OCH3 is 1. The van der Waals surface area contributed by atoms with Crippen LogP contribution < -0.4 is 15.5 Å². The molecule has 2 amide bonds. The molecule has 34 heavy (non-hydrogen) atoms. The summed E-state index contributed by atoms with van der Waals surface area (Å²) in [6.07, 6.45) is 0. The lowest BCUT2D eigenvalue weighted by molar-refractivity contribution is -0.385. The first-order valence-corrected chi connectivity index (χ1v) is 10.3. The summed E-state index contributed by atoms with van der Waals surface area (Å²) in [5.74, 6) is -0.900. The Balaban J connectivity index is 1.96. The van der Waals surface area contributed by atoms with Crippen molar-refractivity contribution < 1.29 is 29.1 Å². The molecule has 1 saturated heterocycles. The average molecular weight is 471 g/mol. The molecule has 3 rings (SSSR count). The molecule has 0 unspecified atom stereocenters. The summed E-state index contributed by atoms with van der Waals surface area (Å²) in [4.78, 5) is 35.1. The number of carbonyl (C=O) groups is 2. The summed E-state index contributed by atoms with van der Waals surface area (Å²) in [5, 5.41) is 27.4. The number of hydrogen-bond donors (Lipinski definition) is 3. The first kappa shape index (κ1) is 24.3. The number of hydrazine groups is 2. The first-order chi connectivity index (χ1) is 16.2. The summed E-state index contributed by atoms with van der Waals surface area (Å²) < 4.78 is 10.3. The number of nitro groups is 1. The van der Waals surface area contributed by atoms with Crippen LogP contribution in [0, 0.1) is 10.1 Å². The molecule has 2 aromatic rings. The van der Waals surface area contributed by atoms with Crippen LogP contribution in [-0.4, -0.2) is 45.7 Å². The quantitative estimate of drug-likeness (QED) is 0.217. The minimum absolute atomic E-state index is 0.0958. The van der Waals surface area contributed by atoms with Gasteiger partial charge in [0.25, 0.3) is 11.6 Å². The van der Waals surface area contributed by atoms with Crippen LogP contribution in [0.1, 0.15) is 25.0 Å². The van der Waals surface area contributed by atoms with E-state index in [0.717, 1.165) is 5.56 Å². The third kappa shape index (κ3) is 5.53. The molecule has 1 fully saturated rings. The van der Waals surface area contributed by atoms with Gasteiger partial charge in [0, 0.05) is 24.2 Å². The number of nitro benzene ring substituents is 1. The standard InChI is InChI=1S/C22H25N5O7/c1-4-34-22(30)20-21(29)24-26(25(20)12-15-5-9-18(33-3)10-6-15)13-16-7-8-17(23-14(2)28)11-19(16)27(31)32/h5-11,30H,4,12-13H2,1-3H3,(H,23,28)(H,24,29). The molecule has 12 heteroatoms. The van der Waals surface area contributed by atoms with E-state index in [1.54, 1.807) is 38.3 Å². The van der Waals surface area contributed by atoms with Crippen LogP contribution in [0.2, 0.25) is 0 Å². The van der Waals surface area contributed by atoms with Gasteiger partial charge in [-0.05, 0) is 36.8 Å². The molecule has 0 bridgehead atoms. The lowest BCUT2D eigenvalue weighted by atomic mass is 10.1. The highest BCUT2D eigenvalue weighted by atomic mass is 16.6. The topological polar surface area (TPSA) is 147 Å². The maximum absolute atomic E-state index is 12.7. The fourth-order valence-electron chi connectivity index (χ4n) is 3.38. The molecule has 0 aromatic heterocycles. The number of ether oxygens (including phenoxy) is 2. The number of benzene rings is 2. The number of amides is 2. The molecule has 1 aliphatic heterocycles. The Hall–Kier alpha value is -4.32. The molecule has 1 heterocycles. The molecule has 0 spiro atoms. The van der Waals surface area contributed by atoms with Crippen LogP contribution in [0.5, 0.6) is 5.75 Å². The number of anilines is 1. The summed E-state index contributed by atoms with van der Waals surface area (Å²) in [7, 11) is 1.55. The van der Waals surface area contributed by atoms with Gasteiger partial charge in [0.2, 0.25) is 11.6 Å². The fourth-order valence-corrected chi connectivity index (χ4v) is 3.38. The maximum Gasteiger partial charge on any atom is 0.308 e. The largest absolute Gasteiger partial charge is 0.497 e. The van der Waals surface area contributed by atoms with Crippen LogP contribution in [0.15, 0.2) is 54.1 Å². The number of carbonyl (C=O) groups excluding carboxylic acids is 2. The molecule has 180 valence electrons. The minimum atomic E-state index is -0.628. The predicted octanol–water partition coefficient (Wildman–Crippen LogP) is 2.59. The van der Waals surface area contributed by atoms with Crippen molar-refractivity contribution in [1.29, 1.82) is 0 Å². The monoisotopic (exact) mass is 471 g/mol. The molecule has 0 aliphatic carbocycles. The molecule has 0 atom stereocenters. The zero-order chi connectivity index (χ0) is 24.8. The number of hydrogen-bond acceptors (Lipinski definition) is 9. The van der Waals surface area contributed by atoms with Gasteiger partial charge in [-0.2, -0.15) is 0 Å². The van der Waals surface area contributed by atoms with E-state index in [1.807, 2.05) is 0 Å². The van der Waals surface area contributed by atoms with Gasteiger partial charge in [-0.15, -0.1) is 5.12 Å². The van der Waals surface area contributed by atoms with Gasteiger partial charge < -0.3 is 19.9 Å². The van der Waals surface area contributed by atoms with E-state index in [2.05, 4.69) is 10.7 Å². The number of nitrogens with zero attached hydrogens (tertiary/aromatic N) is 3. The smallest absolute Gasteiger partial charge is 0.308 e. The van der Waals surface area contributed by atoms with E-state index in [-0.39, 0.29) is 48.2 Å². The zero-order valence-electron chi connectivity index (χ0n) is 18.9. The van der Waals surface area contributed by atoms with Gasteiger partial charge in [-0.25, -0.2) is 0 Å². The second-order valence-electron chi connectivity index (χ2n) is 7.27. The predicted molar refractivity (Wildman–Crippen MR) is 121 cm³/mol. The van der Waals surface area contributed by atoms with E-state index in [4.69, 9.17) is 9.47 Å². The van der Waals surface area contributed by atoms with Gasteiger partial charge in [-0.3, -0.25) is 30.1 Å².